The second-order valence-electron chi connectivity index (χ2n) is 5.75. The van der Waals surface area contributed by atoms with Crippen LogP contribution in [-0.2, 0) is 16.0 Å². The van der Waals surface area contributed by atoms with Gasteiger partial charge in [-0.25, -0.2) is 14.8 Å². The predicted octanol–water partition coefficient (Wildman–Crippen LogP) is 2.04. The molecule has 2 aromatic rings. The standard InChI is InChI=1S/C18H20N4O3/c1-13(23)22-10-2-4-14-12-15(5-6-16(14)22)17(24)25-11-9-21-18-19-7-3-8-20-18/h3,5-8,12H,2,4,9-11H2,1H3,(H,19,20,21). The van der Waals surface area contributed by atoms with Gasteiger partial charge in [-0.05, 0) is 42.7 Å². The molecule has 1 N–H and O–H groups in total. The number of ether oxygens (including phenoxy) is 1. The number of hydrogen-bond donors (Lipinski definition) is 1. The molecule has 7 nitrogen and oxygen atoms in total. The molecule has 1 aromatic heterocycles. The number of benzene rings is 1. The summed E-state index contributed by atoms with van der Waals surface area (Å²) in [5.41, 5.74) is 2.39. The summed E-state index contributed by atoms with van der Waals surface area (Å²) in [5, 5.41) is 2.98. The highest BCUT2D eigenvalue weighted by molar-refractivity contribution is 5.95. The first-order chi connectivity index (χ1) is 12.1. The molecule has 0 fully saturated rings. The van der Waals surface area contributed by atoms with Crippen molar-refractivity contribution in [1.82, 2.24) is 9.97 Å². The molecule has 0 radical (unpaired) electrons. The second kappa shape index (κ2) is 7.74. The van der Waals surface area contributed by atoms with Gasteiger partial charge in [0, 0.05) is 31.5 Å². The number of amides is 1. The van der Waals surface area contributed by atoms with E-state index in [1.807, 2.05) is 12.1 Å². The highest BCUT2D eigenvalue weighted by Crippen LogP contribution is 2.28. The largest absolute Gasteiger partial charge is 0.460 e. The first-order valence-electron chi connectivity index (χ1n) is 8.24. The van der Waals surface area contributed by atoms with Gasteiger partial charge in [0.25, 0.3) is 0 Å². The fourth-order valence-corrected chi connectivity index (χ4v) is 2.83. The van der Waals surface area contributed by atoms with Crippen LogP contribution in [0.2, 0.25) is 0 Å². The number of aromatic nitrogens is 2. The van der Waals surface area contributed by atoms with Crippen LogP contribution in [0.3, 0.4) is 0 Å². The predicted molar refractivity (Wildman–Crippen MR) is 93.6 cm³/mol. The number of esters is 1. The van der Waals surface area contributed by atoms with E-state index >= 15 is 0 Å². The number of hydrogen-bond acceptors (Lipinski definition) is 6. The van der Waals surface area contributed by atoms with Crippen LogP contribution in [0.5, 0.6) is 0 Å². The second-order valence-corrected chi connectivity index (χ2v) is 5.75. The van der Waals surface area contributed by atoms with Crippen LogP contribution in [0.4, 0.5) is 11.6 Å². The Hall–Kier alpha value is -2.96. The molecule has 25 heavy (non-hydrogen) atoms. The van der Waals surface area contributed by atoms with E-state index in [4.69, 9.17) is 4.74 Å². The van der Waals surface area contributed by atoms with Gasteiger partial charge in [-0.1, -0.05) is 0 Å². The zero-order valence-electron chi connectivity index (χ0n) is 14.1. The zero-order chi connectivity index (χ0) is 17.6. The van der Waals surface area contributed by atoms with E-state index in [9.17, 15) is 9.59 Å². The average molecular weight is 340 g/mol. The van der Waals surface area contributed by atoms with Gasteiger partial charge in [0.05, 0.1) is 12.1 Å². The number of fused-ring (bicyclic) bond motifs is 1. The molecule has 0 saturated carbocycles. The fraction of sp³-hybridized carbons (Fsp3) is 0.333. The molecule has 3 rings (SSSR count). The minimum absolute atomic E-state index is 0.0190. The molecule has 2 heterocycles. The van der Waals surface area contributed by atoms with Crippen LogP contribution in [-0.4, -0.2) is 41.5 Å². The molecule has 1 aliphatic rings. The number of nitrogens with one attached hydrogen (secondary N) is 1. The zero-order valence-corrected chi connectivity index (χ0v) is 14.1. The molecule has 0 aliphatic carbocycles. The Bertz CT molecular complexity index is 764. The third kappa shape index (κ3) is 4.12. The monoisotopic (exact) mass is 340 g/mol. The Morgan fingerprint density at radius 2 is 2.08 bits per heavy atom. The lowest BCUT2D eigenvalue weighted by Crippen LogP contribution is -2.33. The van der Waals surface area contributed by atoms with E-state index in [2.05, 4.69) is 15.3 Å². The van der Waals surface area contributed by atoms with Gasteiger partial charge < -0.3 is 15.0 Å². The lowest BCUT2D eigenvalue weighted by atomic mass is 9.99. The molecular weight excluding hydrogens is 320 g/mol. The highest BCUT2D eigenvalue weighted by atomic mass is 16.5. The summed E-state index contributed by atoms with van der Waals surface area (Å²) in [6.45, 7) is 2.92. The maximum Gasteiger partial charge on any atom is 0.338 e. The Balaban J connectivity index is 1.56. The van der Waals surface area contributed by atoms with E-state index < -0.39 is 0 Å². The molecule has 0 spiro atoms. The summed E-state index contributed by atoms with van der Waals surface area (Å²) in [4.78, 5) is 33.7. The topological polar surface area (TPSA) is 84.4 Å². The van der Waals surface area contributed by atoms with Crippen molar-refractivity contribution in [2.24, 2.45) is 0 Å². The van der Waals surface area contributed by atoms with Crippen molar-refractivity contribution in [2.45, 2.75) is 19.8 Å². The van der Waals surface area contributed by atoms with Gasteiger partial charge in [-0.3, -0.25) is 4.79 Å². The summed E-state index contributed by atoms with van der Waals surface area (Å²) in [5.74, 6) is 0.140. The summed E-state index contributed by atoms with van der Waals surface area (Å²) < 4.78 is 5.28. The number of anilines is 2. The maximum atomic E-state index is 12.2. The van der Waals surface area contributed by atoms with Gasteiger partial charge in [0.2, 0.25) is 11.9 Å². The van der Waals surface area contributed by atoms with E-state index in [0.717, 1.165) is 30.6 Å². The lowest BCUT2D eigenvalue weighted by molar-refractivity contribution is -0.116. The number of carbonyl (C=O) groups excluding carboxylic acids is 2. The quantitative estimate of drug-likeness (QED) is 0.662. The fourth-order valence-electron chi connectivity index (χ4n) is 2.83. The molecule has 1 amide bonds. The maximum absolute atomic E-state index is 12.2. The number of nitrogens with zero attached hydrogens (tertiary/aromatic N) is 3. The molecule has 0 unspecified atom stereocenters. The van der Waals surface area contributed by atoms with Crippen molar-refractivity contribution in [3.63, 3.8) is 0 Å². The molecule has 7 heteroatoms. The summed E-state index contributed by atoms with van der Waals surface area (Å²) in [7, 11) is 0. The van der Waals surface area contributed by atoms with Crippen LogP contribution >= 0.6 is 0 Å². The molecule has 130 valence electrons. The summed E-state index contributed by atoms with van der Waals surface area (Å²) >= 11 is 0. The van der Waals surface area contributed by atoms with Crippen LogP contribution < -0.4 is 10.2 Å². The Morgan fingerprint density at radius 3 is 2.84 bits per heavy atom. The molecule has 0 saturated heterocycles. The Labute approximate surface area is 146 Å². The van der Waals surface area contributed by atoms with Gasteiger partial charge in [0.1, 0.15) is 6.61 Å². The first-order valence-corrected chi connectivity index (χ1v) is 8.24. The summed E-state index contributed by atoms with van der Waals surface area (Å²) in [6, 6.07) is 7.08. The Morgan fingerprint density at radius 1 is 1.28 bits per heavy atom. The van der Waals surface area contributed by atoms with Crippen molar-refractivity contribution in [2.75, 3.05) is 29.9 Å². The van der Waals surface area contributed by atoms with Crippen LogP contribution in [0, 0.1) is 0 Å². The van der Waals surface area contributed by atoms with Gasteiger partial charge >= 0.3 is 5.97 Å². The number of rotatable bonds is 5. The van der Waals surface area contributed by atoms with Gasteiger partial charge in [-0.2, -0.15) is 0 Å². The SMILES string of the molecule is CC(=O)N1CCCc2cc(C(=O)OCCNc3ncccn3)ccc21. The number of carbonyl (C=O) groups is 2. The number of aryl methyl sites for hydroxylation is 1. The lowest BCUT2D eigenvalue weighted by Gasteiger charge is -2.28. The van der Waals surface area contributed by atoms with Crippen molar-refractivity contribution < 1.29 is 14.3 Å². The smallest absolute Gasteiger partial charge is 0.338 e. The van der Waals surface area contributed by atoms with E-state index in [0.29, 0.717) is 18.1 Å². The van der Waals surface area contributed by atoms with Crippen molar-refractivity contribution >= 4 is 23.5 Å². The average Bonchev–Trinajstić information content (AvgIpc) is 2.64. The van der Waals surface area contributed by atoms with E-state index in [1.165, 1.54) is 0 Å². The van der Waals surface area contributed by atoms with Crippen molar-refractivity contribution in [1.29, 1.82) is 0 Å². The van der Waals surface area contributed by atoms with Crippen LogP contribution in [0.25, 0.3) is 0 Å². The molecular formula is C18H20N4O3. The minimum Gasteiger partial charge on any atom is -0.460 e. The normalized spacial score (nSPS) is 13.1. The third-order valence-corrected chi connectivity index (χ3v) is 4.00. The van der Waals surface area contributed by atoms with E-state index in [1.54, 1.807) is 36.4 Å². The van der Waals surface area contributed by atoms with Crippen molar-refractivity contribution in [3.05, 3.63) is 47.8 Å². The Kier molecular flexibility index (Phi) is 5.23. The molecule has 0 atom stereocenters. The third-order valence-electron chi connectivity index (χ3n) is 4.00. The molecule has 1 aromatic carbocycles. The van der Waals surface area contributed by atoms with E-state index in [-0.39, 0.29) is 18.5 Å². The van der Waals surface area contributed by atoms with Gasteiger partial charge in [-0.15, -0.1) is 0 Å². The highest BCUT2D eigenvalue weighted by Gasteiger charge is 2.21. The van der Waals surface area contributed by atoms with Gasteiger partial charge in [0.15, 0.2) is 0 Å². The molecule has 0 bridgehead atoms. The molecule has 1 aliphatic heterocycles. The summed E-state index contributed by atoms with van der Waals surface area (Å²) in [6.07, 6.45) is 5.02. The van der Waals surface area contributed by atoms with Crippen LogP contribution in [0.15, 0.2) is 36.7 Å². The minimum atomic E-state index is -0.376. The van der Waals surface area contributed by atoms with Crippen molar-refractivity contribution in [3.8, 4) is 0 Å². The van der Waals surface area contributed by atoms with Crippen LogP contribution in [0.1, 0.15) is 29.3 Å². The first kappa shape index (κ1) is 16.9.